The number of pyridine rings is 1. The van der Waals surface area contributed by atoms with Crippen LogP contribution < -0.4 is 16.0 Å². The van der Waals surface area contributed by atoms with Crippen LogP contribution in [0.1, 0.15) is 31.7 Å². The number of anilines is 2. The molecule has 3 aromatic heterocycles. The van der Waals surface area contributed by atoms with E-state index < -0.39 is 0 Å². The highest BCUT2D eigenvalue weighted by molar-refractivity contribution is 5.90. The summed E-state index contributed by atoms with van der Waals surface area (Å²) in [5.41, 5.74) is 10.8. The summed E-state index contributed by atoms with van der Waals surface area (Å²) in [5, 5.41) is 11.0. The van der Waals surface area contributed by atoms with Gasteiger partial charge in [0.25, 0.3) is 0 Å². The molecule has 4 N–H and O–H groups in total. The molecule has 8 heteroatoms. The molecule has 1 fully saturated rings. The highest BCUT2D eigenvalue weighted by atomic mass is 15.2. The molecule has 5 rings (SSSR count). The van der Waals surface area contributed by atoms with Gasteiger partial charge in [-0.1, -0.05) is 0 Å². The molecule has 5 heterocycles. The zero-order chi connectivity index (χ0) is 18.4. The lowest BCUT2D eigenvalue weighted by Gasteiger charge is -2.37. The van der Waals surface area contributed by atoms with Crippen LogP contribution in [0.5, 0.6) is 0 Å². The van der Waals surface area contributed by atoms with Gasteiger partial charge in [-0.25, -0.2) is 15.0 Å². The summed E-state index contributed by atoms with van der Waals surface area (Å²) in [4.78, 5) is 16.2. The van der Waals surface area contributed by atoms with Crippen molar-refractivity contribution in [2.45, 2.75) is 38.1 Å². The van der Waals surface area contributed by atoms with Crippen LogP contribution in [0.25, 0.3) is 22.4 Å². The third-order valence-electron chi connectivity index (χ3n) is 5.69. The van der Waals surface area contributed by atoms with Crippen molar-refractivity contribution >= 4 is 22.8 Å². The van der Waals surface area contributed by atoms with Crippen LogP contribution in [0, 0.1) is 0 Å². The second-order valence-electron chi connectivity index (χ2n) is 7.85. The molecule has 0 radical (unpaired) electrons. The predicted octanol–water partition coefficient (Wildman–Crippen LogP) is 2.09. The quantitative estimate of drug-likeness (QED) is 0.639. The van der Waals surface area contributed by atoms with Crippen LogP contribution in [0.2, 0.25) is 0 Å². The Bertz CT molecular complexity index is 983. The summed E-state index contributed by atoms with van der Waals surface area (Å²) in [6.45, 7) is 4.88. The van der Waals surface area contributed by atoms with Crippen molar-refractivity contribution in [3.8, 4) is 11.3 Å². The van der Waals surface area contributed by atoms with Gasteiger partial charge >= 0.3 is 0 Å². The molecule has 3 aromatic rings. The van der Waals surface area contributed by atoms with Crippen LogP contribution in [0.4, 0.5) is 11.6 Å². The molecule has 2 aliphatic rings. The molecule has 0 aliphatic carbocycles. The maximum Gasteiger partial charge on any atom is 0.177 e. The number of H-pyrrole nitrogens is 1. The van der Waals surface area contributed by atoms with E-state index in [1.165, 1.54) is 5.56 Å². The van der Waals surface area contributed by atoms with Crippen molar-refractivity contribution in [3.05, 3.63) is 24.0 Å². The number of rotatable bonds is 2. The Morgan fingerprint density at radius 1 is 1.22 bits per heavy atom. The molecule has 0 atom stereocenters. The zero-order valence-electron chi connectivity index (χ0n) is 15.5. The third kappa shape index (κ3) is 2.90. The monoisotopic (exact) mass is 364 g/mol. The summed E-state index contributed by atoms with van der Waals surface area (Å²) in [6, 6.07) is 2.02. The van der Waals surface area contributed by atoms with Crippen molar-refractivity contribution in [3.63, 3.8) is 0 Å². The maximum atomic E-state index is 6.24. The van der Waals surface area contributed by atoms with Gasteiger partial charge in [0, 0.05) is 42.5 Å². The van der Waals surface area contributed by atoms with Gasteiger partial charge < -0.3 is 16.0 Å². The third-order valence-corrected chi connectivity index (χ3v) is 5.69. The Kier molecular flexibility index (Phi) is 3.75. The van der Waals surface area contributed by atoms with E-state index in [0.717, 1.165) is 79.4 Å². The van der Waals surface area contributed by atoms with E-state index in [4.69, 9.17) is 15.7 Å². The van der Waals surface area contributed by atoms with Gasteiger partial charge in [-0.15, -0.1) is 0 Å². The van der Waals surface area contributed by atoms with E-state index in [-0.39, 0.29) is 5.54 Å². The van der Waals surface area contributed by atoms with E-state index in [2.05, 4.69) is 32.3 Å². The second-order valence-corrected chi connectivity index (χ2v) is 7.85. The normalized spacial score (nSPS) is 19.0. The minimum absolute atomic E-state index is 0.0797. The molecular weight excluding hydrogens is 340 g/mol. The number of hydrogen-bond donors (Lipinski definition) is 3. The average Bonchev–Trinajstić information content (AvgIpc) is 3.10. The van der Waals surface area contributed by atoms with Gasteiger partial charge in [-0.05, 0) is 38.7 Å². The Morgan fingerprint density at radius 2 is 2.07 bits per heavy atom. The number of piperidine rings is 1. The van der Waals surface area contributed by atoms with E-state index in [9.17, 15) is 0 Å². The molecule has 0 spiro atoms. The number of aromatic amines is 1. The Morgan fingerprint density at radius 3 is 2.93 bits per heavy atom. The lowest BCUT2D eigenvalue weighted by atomic mass is 9.91. The summed E-state index contributed by atoms with van der Waals surface area (Å²) in [6.07, 6.45) is 7.68. The van der Waals surface area contributed by atoms with E-state index >= 15 is 0 Å². The van der Waals surface area contributed by atoms with E-state index in [1.807, 2.05) is 18.5 Å². The predicted molar refractivity (Wildman–Crippen MR) is 106 cm³/mol. The van der Waals surface area contributed by atoms with Gasteiger partial charge in [0.05, 0.1) is 6.20 Å². The number of nitrogens with one attached hydrogen (secondary N) is 2. The summed E-state index contributed by atoms with van der Waals surface area (Å²) in [7, 11) is 0. The molecule has 0 bridgehead atoms. The van der Waals surface area contributed by atoms with Crippen molar-refractivity contribution in [1.82, 2.24) is 25.1 Å². The molecule has 1 saturated heterocycles. The lowest BCUT2D eigenvalue weighted by molar-refractivity contribution is 0.363. The molecule has 27 heavy (non-hydrogen) atoms. The fraction of sp³-hybridized carbons (Fsp3) is 0.474. The smallest absolute Gasteiger partial charge is 0.177 e. The number of hydrogen-bond acceptors (Lipinski definition) is 7. The van der Waals surface area contributed by atoms with Gasteiger partial charge in [0.1, 0.15) is 22.8 Å². The molecule has 0 saturated carbocycles. The largest absolute Gasteiger partial charge is 0.370 e. The Labute approximate surface area is 157 Å². The highest BCUT2D eigenvalue weighted by Gasteiger charge is 2.27. The van der Waals surface area contributed by atoms with Crippen molar-refractivity contribution < 1.29 is 0 Å². The highest BCUT2D eigenvalue weighted by Crippen LogP contribution is 2.33. The molecule has 140 valence electrons. The number of nitrogens with zero attached hydrogens (tertiary/aromatic N) is 5. The van der Waals surface area contributed by atoms with Crippen molar-refractivity contribution in [2.75, 3.05) is 29.9 Å². The minimum atomic E-state index is -0.0797. The van der Waals surface area contributed by atoms with Gasteiger partial charge in [0.15, 0.2) is 5.65 Å². The van der Waals surface area contributed by atoms with Crippen LogP contribution in [0.3, 0.4) is 0 Å². The molecule has 0 aromatic carbocycles. The second kappa shape index (κ2) is 6.16. The molecule has 0 amide bonds. The Balaban J connectivity index is 1.50. The summed E-state index contributed by atoms with van der Waals surface area (Å²) >= 11 is 0. The number of nitrogens with two attached hydrogens (primary N) is 1. The fourth-order valence-corrected chi connectivity index (χ4v) is 3.97. The molecule has 8 nitrogen and oxygen atoms in total. The SMILES string of the molecule is CC1(N)CCN(c2cnc3c(-c4ccnc5c4CCCN5)n[nH]c3n2)CC1. The van der Waals surface area contributed by atoms with Crippen LogP contribution in [-0.4, -0.2) is 50.3 Å². The van der Waals surface area contributed by atoms with E-state index in [0.29, 0.717) is 0 Å². The fourth-order valence-electron chi connectivity index (χ4n) is 3.97. The first-order valence-corrected chi connectivity index (χ1v) is 9.58. The summed E-state index contributed by atoms with van der Waals surface area (Å²) < 4.78 is 0. The average molecular weight is 364 g/mol. The molecule has 2 aliphatic heterocycles. The molecule has 0 unspecified atom stereocenters. The van der Waals surface area contributed by atoms with Crippen LogP contribution in [-0.2, 0) is 6.42 Å². The van der Waals surface area contributed by atoms with Gasteiger partial charge in [-0.3, -0.25) is 5.10 Å². The lowest BCUT2D eigenvalue weighted by Crippen LogP contribution is -2.48. The zero-order valence-corrected chi connectivity index (χ0v) is 15.5. The van der Waals surface area contributed by atoms with Gasteiger partial charge in [-0.2, -0.15) is 5.10 Å². The van der Waals surface area contributed by atoms with Crippen molar-refractivity contribution in [2.24, 2.45) is 5.73 Å². The topological polar surface area (TPSA) is 109 Å². The van der Waals surface area contributed by atoms with E-state index in [1.54, 1.807) is 0 Å². The Hall–Kier alpha value is -2.74. The maximum absolute atomic E-state index is 6.24. The number of fused-ring (bicyclic) bond motifs is 2. The number of aromatic nitrogens is 5. The van der Waals surface area contributed by atoms with Crippen LogP contribution >= 0.6 is 0 Å². The van der Waals surface area contributed by atoms with Crippen LogP contribution in [0.15, 0.2) is 18.5 Å². The minimum Gasteiger partial charge on any atom is -0.370 e. The first-order chi connectivity index (χ1) is 13.1. The first-order valence-electron chi connectivity index (χ1n) is 9.58. The molecular formula is C19H24N8. The standard InChI is InChI=1S/C19H24N8/c1-19(20)5-9-27(10-6-19)14-11-23-16-15(25-26-18(16)24-14)12-4-8-22-17-13(12)3-2-7-21-17/h4,8,11H,2-3,5-7,9-10,20H2,1H3,(H,21,22)(H,24,25,26). The summed E-state index contributed by atoms with van der Waals surface area (Å²) in [5.74, 6) is 1.84. The van der Waals surface area contributed by atoms with Crippen molar-refractivity contribution in [1.29, 1.82) is 0 Å². The van der Waals surface area contributed by atoms with Gasteiger partial charge in [0.2, 0.25) is 0 Å². The first kappa shape index (κ1) is 16.4.